The molecule has 1 fully saturated rings. The highest BCUT2D eigenvalue weighted by molar-refractivity contribution is 5.87. The molecular weight excluding hydrogens is 214 g/mol. The largest absolute Gasteiger partial charge is 0.478 e. The van der Waals surface area contributed by atoms with E-state index < -0.39 is 5.97 Å². The van der Waals surface area contributed by atoms with Crippen molar-refractivity contribution >= 4 is 5.97 Å². The zero-order valence-electron chi connectivity index (χ0n) is 10.2. The average molecular weight is 233 g/mol. The maximum atomic E-state index is 10.9. The number of carboxylic acid groups (broad SMARTS) is 1. The van der Waals surface area contributed by atoms with E-state index in [1.54, 1.807) is 12.1 Å². The molecule has 0 saturated carbocycles. The van der Waals surface area contributed by atoms with Gasteiger partial charge in [-0.2, -0.15) is 0 Å². The first-order valence-electron chi connectivity index (χ1n) is 6.23. The highest BCUT2D eigenvalue weighted by atomic mass is 16.4. The molecule has 3 nitrogen and oxygen atoms in total. The Balaban J connectivity index is 1.99. The number of nitrogens with zero attached hydrogens (tertiary/aromatic N) is 1. The third kappa shape index (κ3) is 3.07. The Hall–Kier alpha value is -1.35. The van der Waals surface area contributed by atoms with E-state index in [0.29, 0.717) is 5.56 Å². The summed E-state index contributed by atoms with van der Waals surface area (Å²) in [5, 5.41) is 8.94. The molecule has 1 aliphatic heterocycles. The van der Waals surface area contributed by atoms with E-state index in [4.69, 9.17) is 5.11 Å². The summed E-state index contributed by atoms with van der Waals surface area (Å²) in [6.07, 6.45) is 2.51. The molecule has 1 heterocycles. The number of likely N-dealkylation sites (tertiary alicyclic amines) is 1. The Morgan fingerprint density at radius 2 is 2.35 bits per heavy atom. The van der Waals surface area contributed by atoms with Gasteiger partial charge in [-0.15, -0.1) is 0 Å². The minimum Gasteiger partial charge on any atom is -0.478 e. The van der Waals surface area contributed by atoms with Crippen LogP contribution >= 0.6 is 0 Å². The monoisotopic (exact) mass is 233 g/mol. The third-order valence-corrected chi connectivity index (χ3v) is 3.53. The number of aromatic carboxylic acids is 1. The lowest BCUT2D eigenvalue weighted by Crippen LogP contribution is -2.20. The number of rotatable bonds is 4. The second-order valence-corrected chi connectivity index (χ2v) is 4.80. The second-order valence-electron chi connectivity index (χ2n) is 4.80. The quantitative estimate of drug-likeness (QED) is 0.869. The Morgan fingerprint density at radius 3 is 3.00 bits per heavy atom. The molecule has 92 valence electrons. The van der Waals surface area contributed by atoms with Crippen molar-refractivity contribution in [3.63, 3.8) is 0 Å². The smallest absolute Gasteiger partial charge is 0.335 e. The van der Waals surface area contributed by atoms with Crippen molar-refractivity contribution in [1.29, 1.82) is 0 Å². The molecule has 0 aliphatic carbocycles. The molecule has 1 unspecified atom stereocenters. The molecule has 0 bridgehead atoms. The predicted molar refractivity (Wildman–Crippen MR) is 67.1 cm³/mol. The van der Waals surface area contributed by atoms with E-state index in [1.165, 1.54) is 12.8 Å². The normalized spacial score (nSPS) is 20.6. The summed E-state index contributed by atoms with van der Waals surface area (Å²) in [5.41, 5.74) is 1.48. The minimum atomic E-state index is -0.847. The van der Waals surface area contributed by atoms with Gasteiger partial charge in [0, 0.05) is 13.1 Å². The van der Waals surface area contributed by atoms with Crippen molar-refractivity contribution in [2.45, 2.75) is 26.3 Å². The summed E-state index contributed by atoms with van der Waals surface area (Å²) >= 11 is 0. The highest BCUT2D eigenvalue weighted by Crippen LogP contribution is 2.21. The first kappa shape index (κ1) is 12.1. The SMILES string of the molecule is CCC1CCN(Cc2cccc(C(=O)O)c2)C1. The van der Waals surface area contributed by atoms with Gasteiger partial charge in [0.25, 0.3) is 0 Å². The summed E-state index contributed by atoms with van der Waals surface area (Å²) in [6, 6.07) is 7.25. The lowest BCUT2D eigenvalue weighted by molar-refractivity contribution is 0.0696. The summed E-state index contributed by atoms with van der Waals surface area (Å²) in [5.74, 6) is -0.0302. The molecule has 1 aliphatic rings. The van der Waals surface area contributed by atoms with Gasteiger partial charge < -0.3 is 5.11 Å². The van der Waals surface area contributed by atoms with Gasteiger partial charge in [0.1, 0.15) is 0 Å². The van der Waals surface area contributed by atoms with Gasteiger partial charge in [-0.3, -0.25) is 4.90 Å². The predicted octanol–water partition coefficient (Wildman–Crippen LogP) is 2.62. The lowest BCUT2D eigenvalue weighted by atomic mass is 10.1. The van der Waals surface area contributed by atoms with E-state index in [2.05, 4.69) is 11.8 Å². The standard InChI is InChI=1S/C14H19NO2/c1-2-11-6-7-15(9-11)10-12-4-3-5-13(8-12)14(16)17/h3-5,8,11H,2,6-7,9-10H2,1H3,(H,16,17). The molecule has 0 spiro atoms. The molecule has 2 rings (SSSR count). The fourth-order valence-corrected chi connectivity index (χ4v) is 2.45. The molecule has 3 heteroatoms. The van der Waals surface area contributed by atoms with Crippen molar-refractivity contribution in [1.82, 2.24) is 4.90 Å². The van der Waals surface area contributed by atoms with Gasteiger partial charge in [-0.25, -0.2) is 4.79 Å². The maximum absolute atomic E-state index is 10.9. The number of hydrogen-bond donors (Lipinski definition) is 1. The third-order valence-electron chi connectivity index (χ3n) is 3.53. The van der Waals surface area contributed by atoms with Crippen LogP contribution in [0.5, 0.6) is 0 Å². The van der Waals surface area contributed by atoms with Crippen LogP contribution in [-0.2, 0) is 6.54 Å². The summed E-state index contributed by atoms with van der Waals surface area (Å²) in [6.45, 7) is 5.39. The molecule has 1 saturated heterocycles. The van der Waals surface area contributed by atoms with Crippen molar-refractivity contribution in [2.75, 3.05) is 13.1 Å². The van der Waals surface area contributed by atoms with Crippen molar-refractivity contribution in [3.05, 3.63) is 35.4 Å². The minimum absolute atomic E-state index is 0.383. The first-order chi connectivity index (χ1) is 8.19. The van der Waals surface area contributed by atoms with Crippen LogP contribution in [0.1, 0.15) is 35.7 Å². The van der Waals surface area contributed by atoms with Gasteiger partial charge in [0.2, 0.25) is 0 Å². The fraction of sp³-hybridized carbons (Fsp3) is 0.500. The van der Waals surface area contributed by atoms with Crippen LogP contribution in [0.4, 0.5) is 0 Å². The van der Waals surface area contributed by atoms with E-state index in [9.17, 15) is 4.79 Å². The van der Waals surface area contributed by atoms with Crippen LogP contribution in [0.2, 0.25) is 0 Å². The maximum Gasteiger partial charge on any atom is 0.335 e. The lowest BCUT2D eigenvalue weighted by Gasteiger charge is -2.15. The molecule has 1 aromatic carbocycles. The zero-order chi connectivity index (χ0) is 12.3. The highest BCUT2D eigenvalue weighted by Gasteiger charge is 2.20. The van der Waals surface area contributed by atoms with Crippen molar-refractivity contribution < 1.29 is 9.90 Å². The van der Waals surface area contributed by atoms with Gasteiger partial charge in [-0.1, -0.05) is 25.5 Å². The molecule has 17 heavy (non-hydrogen) atoms. The van der Waals surface area contributed by atoms with Crippen molar-refractivity contribution in [3.8, 4) is 0 Å². The molecule has 0 aromatic heterocycles. The molecule has 1 aromatic rings. The molecular formula is C14H19NO2. The Kier molecular flexibility index (Phi) is 3.79. The zero-order valence-corrected chi connectivity index (χ0v) is 10.2. The molecule has 1 N–H and O–H groups in total. The summed E-state index contributed by atoms with van der Waals surface area (Å²) < 4.78 is 0. The summed E-state index contributed by atoms with van der Waals surface area (Å²) in [7, 11) is 0. The van der Waals surface area contributed by atoms with Gasteiger partial charge >= 0.3 is 5.97 Å². The van der Waals surface area contributed by atoms with Crippen LogP contribution in [0.15, 0.2) is 24.3 Å². The summed E-state index contributed by atoms with van der Waals surface area (Å²) in [4.78, 5) is 13.3. The van der Waals surface area contributed by atoms with Crippen LogP contribution in [0.3, 0.4) is 0 Å². The van der Waals surface area contributed by atoms with E-state index in [1.807, 2.05) is 12.1 Å². The van der Waals surface area contributed by atoms with E-state index in [0.717, 1.165) is 31.1 Å². The molecule has 0 amide bonds. The van der Waals surface area contributed by atoms with Crippen LogP contribution in [0, 0.1) is 5.92 Å². The van der Waals surface area contributed by atoms with Gasteiger partial charge in [0.05, 0.1) is 5.56 Å². The Morgan fingerprint density at radius 1 is 1.53 bits per heavy atom. The van der Waals surface area contributed by atoms with Gasteiger partial charge in [-0.05, 0) is 36.6 Å². The van der Waals surface area contributed by atoms with Gasteiger partial charge in [0.15, 0.2) is 0 Å². The van der Waals surface area contributed by atoms with Crippen LogP contribution in [-0.4, -0.2) is 29.1 Å². The molecule has 0 radical (unpaired) electrons. The first-order valence-corrected chi connectivity index (χ1v) is 6.23. The topological polar surface area (TPSA) is 40.5 Å². The average Bonchev–Trinajstić information content (AvgIpc) is 2.77. The fourth-order valence-electron chi connectivity index (χ4n) is 2.45. The number of benzene rings is 1. The number of carboxylic acids is 1. The van der Waals surface area contributed by atoms with Crippen molar-refractivity contribution in [2.24, 2.45) is 5.92 Å². The van der Waals surface area contributed by atoms with E-state index >= 15 is 0 Å². The number of carbonyl (C=O) groups is 1. The second kappa shape index (κ2) is 5.32. The van der Waals surface area contributed by atoms with Crippen LogP contribution in [0.25, 0.3) is 0 Å². The number of hydrogen-bond acceptors (Lipinski definition) is 2. The Labute approximate surface area is 102 Å². The Bertz CT molecular complexity index is 403. The molecule has 1 atom stereocenters. The van der Waals surface area contributed by atoms with E-state index in [-0.39, 0.29) is 0 Å². The van der Waals surface area contributed by atoms with Crippen LogP contribution < -0.4 is 0 Å².